The summed E-state index contributed by atoms with van der Waals surface area (Å²) >= 11 is 0. The average Bonchev–Trinajstić information content (AvgIpc) is 4.04. The van der Waals surface area contributed by atoms with Gasteiger partial charge in [0.1, 0.15) is 33.8 Å². The van der Waals surface area contributed by atoms with Gasteiger partial charge in [0.05, 0.1) is 22.2 Å². The highest BCUT2D eigenvalue weighted by Gasteiger charge is 2.51. The molecule has 3 heterocycles. The molecule has 5 nitrogen and oxygen atoms in total. The molecule has 0 saturated carbocycles. The van der Waals surface area contributed by atoms with Gasteiger partial charge < -0.3 is 23.4 Å². The smallest absolute Gasteiger partial charge is 0.139 e. The monoisotopic (exact) mass is 846 g/mol. The van der Waals surface area contributed by atoms with Crippen LogP contribution in [0.25, 0.3) is 55.0 Å². The summed E-state index contributed by atoms with van der Waals surface area (Å²) in [6.07, 6.45) is 0. The Kier molecular flexibility index (Phi) is 7.83. The minimum atomic E-state index is -0.646. The number of para-hydroxylation sites is 5. The third kappa shape index (κ3) is 5.22. The van der Waals surface area contributed by atoms with Crippen LogP contribution in [0.15, 0.2) is 239 Å². The lowest BCUT2D eigenvalue weighted by Crippen LogP contribution is -2.32. The topological polar surface area (TPSA) is 42.0 Å². The molecule has 1 aliphatic carbocycles. The molecule has 2 aromatic heterocycles. The largest absolute Gasteiger partial charge is 0.457 e. The lowest BCUT2D eigenvalue weighted by Gasteiger charge is -2.40. The Bertz CT molecular complexity index is 3800. The van der Waals surface area contributed by atoms with E-state index in [0.717, 1.165) is 101 Å². The van der Waals surface area contributed by atoms with Crippen molar-refractivity contribution in [3.8, 4) is 22.6 Å². The summed E-state index contributed by atoms with van der Waals surface area (Å²) in [7, 11) is 0. The minimum absolute atomic E-state index is 0.646. The lowest BCUT2D eigenvalue weighted by atomic mass is 9.66. The Morgan fingerprint density at radius 3 is 1.55 bits per heavy atom. The van der Waals surface area contributed by atoms with E-state index < -0.39 is 5.41 Å². The van der Waals surface area contributed by atoms with Crippen molar-refractivity contribution in [3.63, 3.8) is 0 Å². The first-order chi connectivity index (χ1) is 32.7. The average molecular weight is 847 g/mol. The predicted molar refractivity (Wildman–Crippen MR) is 268 cm³/mol. The number of ether oxygens (including phenoxy) is 1. The van der Waals surface area contributed by atoms with Crippen molar-refractivity contribution in [1.82, 2.24) is 0 Å². The molecule has 1 spiro atoms. The molecule has 0 N–H and O–H groups in total. The lowest BCUT2D eigenvalue weighted by molar-refractivity contribution is 0.436. The quantitative estimate of drug-likeness (QED) is 0.167. The zero-order valence-electron chi connectivity index (χ0n) is 35.6. The van der Waals surface area contributed by atoms with Crippen molar-refractivity contribution in [2.24, 2.45) is 0 Å². The number of hydrogen-bond donors (Lipinski definition) is 0. The van der Waals surface area contributed by atoms with Crippen molar-refractivity contribution in [1.29, 1.82) is 0 Å². The molecule has 5 heteroatoms. The van der Waals surface area contributed by atoms with Crippen molar-refractivity contribution in [2.45, 2.75) is 5.41 Å². The highest BCUT2D eigenvalue weighted by atomic mass is 16.5. The summed E-state index contributed by atoms with van der Waals surface area (Å²) in [4.78, 5) is 4.69. The van der Waals surface area contributed by atoms with Gasteiger partial charge in [-0.2, -0.15) is 0 Å². The fourth-order valence-corrected chi connectivity index (χ4v) is 11.0. The van der Waals surface area contributed by atoms with Crippen molar-refractivity contribution in [2.75, 3.05) is 9.80 Å². The van der Waals surface area contributed by atoms with Crippen LogP contribution in [0.4, 0.5) is 34.1 Å². The van der Waals surface area contributed by atoms with Crippen molar-refractivity contribution >= 4 is 78.0 Å². The molecular weight excluding hydrogens is 809 g/mol. The molecule has 66 heavy (non-hydrogen) atoms. The first-order valence-electron chi connectivity index (χ1n) is 22.4. The van der Waals surface area contributed by atoms with E-state index in [4.69, 9.17) is 13.6 Å². The Hall–Kier alpha value is -8.80. The number of furan rings is 2. The Morgan fingerprint density at radius 1 is 0.303 bits per heavy atom. The molecule has 2 aliphatic rings. The normalized spacial score (nSPS) is 13.1. The third-order valence-corrected chi connectivity index (χ3v) is 13.7. The van der Waals surface area contributed by atoms with Crippen LogP contribution in [-0.4, -0.2) is 0 Å². The molecule has 0 atom stereocenters. The standard InChI is InChI=1S/C61H38N2O3/c1-3-17-39(18-4-1)63(40-19-5-2-6-20-40)53-36-43(38-59-60(53)48-24-10-15-29-55(48)65-59)62(42-31-33-47-46-23-9-14-28-54(46)64-58(47)37-42)41-32-34-57-52(35-41)61(51-27-13-16-30-56(51)66-57)49-25-11-7-21-44(49)45-22-8-12-26-50(45)61/h1-38H. The Balaban J connectivity index is 1.08. The van der Waals surface area contributed by atoms with Gasteiger partial charge in [-0.3, -0.25) is 0 Å². The Labute approximate surface area is 380 Å². The molecule has 0 fully saturated rings. The van der Waals surface area contributed by atoms with Crippen LogP contribution in [0.1, 0.15) is 22.3 Å². The van der Waals surface area contributed by atoms with E-state index >= 15 is 0 Å². The highest BCUT2D eigenvalue weighted by molar-refractivity contribution is 6.15. The molecule has 10 aromatic carbocycles. The molecule has 310 valence electrons. The summed E-state index contributed by atoms with van der Waals surface area (Å²) in [5.41, 5.74) is 15.6. The summed E-state index contributed by atoms with van der Waals surface area (Å²) < 4.78 is 20.4. The van der Waals surface area contributed by atoms with Gasteiger partial charge in [0.15, 0.2) is 0 Å². The number of anilines is 6. The second kappa shape index (κ2) is 14.1. The highest BCUT2D eigenvalue weighted by Crippen LogP contribution is 2.63. The van der Waals surface area contributed by atoms with Crippen LogP contribution in [0, 0.1) is 0 Å². The van der Waals surface area contributed by atoms with E-state index in [1.165, 1.54) is 22.3 Å². The van der Waals surface area contributed by atoms with Crippen molar-refractivity contribution in [3.05, 3.63) is 253 Å². The maximum atomic E-state index is 6.92. The number of fused-ring (bicyclic) bond motifs is 15. The van der Waals surface area contributed by atoms with E-state index in [2.05, 4.69) is 222 Å². The van der Waals surface area contributed by atoms with Crippen LogP contribution < -0.4 is 14.5 Å². The van der Waals surface area contributed by atoms with Gasteiger partial charge in [-0.15, -0.1) is 0 Å². The Morgan fingerprint density at radius 2 is 0.818 bits per heavy atom. The zero-order chi connectivity index (χ0) is 43.3. The van der Waals surface area contributed by atoms with E-state index in [1.807, 2.05) is 18.2 Å². The first-order valence-corrected chi connectivity index (χ1v) is 22.4. The van der Waals surface area contributed by atoms with Gasteiger partial charge in [-0.05, 0) is 101 Å². The number of hydrogen-bond acceptors (Lipinski definition) is 5. The second-order valence-electron chi connectivity index (χ2n) is 17.2. The number of rotatable bonds is 6. The number of nitrogens with zero attached hydrogens (tertiary/aromatic N) is 2. The molecule has 14 rings (SSSR count). The summed E-state index contributed by atoms with van der Waals surface area (Å²) in [5, 5.41) is 4.23. The van der Waals surface area contributed by atoms with Gasteiger partial charge >= 0.3 is 0 Å². The van der Waals surface area contributed by atoms with Crippen LogP contribution >= 0.6 is 0 Å². The van der Waals surface area contributed by atoms with Crippen molar-refractivity contribution < 1.29 is 13.6 Å². The van der Waals surface area contributed by atoms with Crippen LogP contribution in [0.5, 0.6) is 11.5 Å². The summed E-state index contributed by atoms with van der Waals surface area (Å²) in [5.74, 6) is 1.68. The molecule has 0 unspecified atom stereocenters. The molecule has 0 saturated heterocycles. The molecule has 12 aromatic rings. The number of benzene rings is 10. The van der Waals surface area contributed by atoms with Crippen LogP contribution in [0.3, 0.4) is 0 Å². The molecule has 1 aliphatic heterocycles. The van der Waals surface area contributed by atoms with E-state index in [0.29, 0.717) is 0 Å². The van der Waals surface area contributed by atoms with Gasteiger partial charge in [-0.1, -0.05) is 140 Å². The van der Waals surface area contributed by atoms with Gasteiger partial charge in [0.2, 0.25) is 0 Å². The fourth-order valence-electron chi connectivity index (χ4n) is 11.0. The predicted octanol–water partition coefficient (Wildman–Crippen LogP) is 16.9. The van der Waals surface area contributed by atoms with Gasteiger partial charge in [0, 0.05) is 62.2 Å². The third-order valence-electron chi connectivity index (χ3n) is 13.7. The molecule has 0 amide bonds. The fraction of sp³-hybridized carbons (Fsp3) is 0.0164. The second-order valence-corrected chi connectivity index (χ2v) is 17.2. The minimum Gasteiger partial charge on any atom is -0.457 e. The van der Waals surface area contributed by atoms with Gasteiger partial charge in [0.25, 0.3) is 0 Å². The maximum Gasteiger partial charge on any atom is 0.139 e. The van der Waals surface area contributed by atoms with E-state index in [1.54, 1.807) is 0 Å². The van der Waals surface area contributed by atoms with Gasteiger partial charge in [-0.25, -0.2) is 0 Å². The maximum absolute atomic E-state index is 6.92. The first kappa shape index (κ1) is 36.7. The molecular formula is C61H38N2O3. The van der Waals surface area contributed by atoms with Crippen LogP contribution in [-0.2, 0) is 5.41 Å². The summed E-state index contributed by atoms with van der Waals surface area (Å²) in [6.45, 7) is 0. The van der Waals surface area contributed by atoms with E-state index in [-0.39, 0.29) is 0 Å². The van der Waals surface area contributed by atoms with E-state index in [9.17, 15) is 0 Å². The van der Waals surface area contributed by atoms with Crippen LogP contribution in [0.2, 0.25) is 0 Å². The zero-order valence-corrected chi connectivity index (χ0v) is 35.6. The SMILES string of the molecule is c1ccc(N(c2ccccc2)c2cc(N(c3ccc4c(c3)C3(c5ccccc5O4)c4ccccc4-c4ccccc43)c3ccc4c(c3)oc3ccccc34)cc3oc4ccccc4c23)cc1. The molecule has 0 bridgehead atoms. The molecule has 0 radical (unpaired) electrons. The summed E-state index contributed by atoms with van der Waals surface area (Å²) in [6, 6.07) is 81.8.